The zero-order valence-corrected chi connectivity index (χ0v) is 15.3. The van der Waals surface area contributed by atoms with Crippen LogP contribution in [0.1, 0.15) is 19.4 Å². The van der Waals surface area contributed by atoms with Crippen LogP contribution in [0.3, 0.4) is 0 Å². The molecule has 0 unspecified atom stereocenters. The van der Waals surface area contributed by atoms with Crippen LogP contribution in [0.2, 0.25) is 0 Å². The minimum atomic E-state index is -4.55. The summed E-state index contributed by atoms with van der Waals surface area (Å²) in [6.45, 7) is 3.83. The molecule has 2 atom stereocenters. The third kappa shape index (κ3) is 3.48. The molecule has 0 N–H and O–H groups in total. The molecule has 1 fully saturated rings. The van der Waals surface area contributed by atoms with Crippen molar-refractivity contribution in [1.29, 1.82) is 0 Å². The number of para-hydroxylation sites is 1. The summed E-state index contributed by atoms with van der Waals surface area (Å²) in [5.74, 6) is 0.181. The Morgan fingerprint density at radius 3 is 2.12 bits per heavy atom. The summed E-state index contributed by atoms with van der Waals surface area (Å²) < 4.78 is 45.1. The molecule has 0 saturated heterocycles. The second kappa shape index (κ2) is 6.66. The molecule has 0 radical (unpaired) electrons. The van der Waals surface area contributed by atoms with Crippen molar-refractivity contribution in [3.8, 4) is 5.75 Å². The number of allylic oxidation sites excluding steroid dienone is 1. The minimum Gasteiger partial charge on any atom is -0.486 e. The Labute approximate surface area is 156 Å². The first-order chi connectivity index (χ1) is 12.2. The SMILES string of the molecule is CC1(C)[C@@H](/C=C(\Cl)C(F)(F)F)[C@@]1(Cc1ccccc1)Oc1ccccc1. The Morgan fingerprint density at radius 2 is 1.58 bits per heavy atom. The predicted molar refractivity (Wildman–Crippen MR) is 97.2 cm³/mol. The molecule has 26 heavy (non-hydrogen) atoms. The van der Waals surface area contributed by atoms with Crippen molar-refractivity contribution in [2.75, 3.05) is 0 Å². The number of ether oxygens (including phenoxy) is 1. The van der Waals surface area contributed by atoms with Gasteiger partial charge in [0.1, 0.15) is 16.4 Å². The molecule has 138 valence electrons. The molecule has 0 amide bonds. The van der Waals surface area contributed by atoms with E-state index >= 15 is 0 Å². The summed E-state index contributed by atoms with van der Waals surface area (Å²) in [5, 5.41) is -1.10. The van der Waals surface area contributed by atoms with Crippen LogP contribution in [0, 0.1) is 11.3 Å². The smallest absolute Gasteiger partial charge is 0.426 e. The highest BCUT2D eigenvalue weighted by atomic mass is 35.5. The third-order valence-corrected chi connectivity index (χ3v) is 5.56. The molecule has 1 saturated carbocycles. The summed E-state index contributed by atoms with van der Waals surface area (Å²) in [6, 6.07) is 18.8. The van der Waals surface area contributed by atoms with Gasteiger partial charge in [-0.2, -0.15) is 13.2 Å². The van der Waals surface area contributed by atoms with E-state index in [9.17, 15) is 13.2 Å². The van der Waals surface area contributed by atoms with E-state index in [1.807, 2.05) is 74.5 Å². The highest BCUT2D eigenvalue weighted by molar-refractivity contribution is 6.30. The number of alkyl halides is 3. The molecule has 1 nitrogen and oxygen atoms in total. The fourth-order valence-corrected chi connectivity index (χ4v) is 3.73. The van der Waals surface area contributed by atoms with Crippen LogP contribution >= 0.6 is 11.6 Å². The fraction of sp³-hybridized carbons (Fsp3) is 0.333. The number of halogens is 4. The van der Waals surface area contributed by atoms with E-state index in [0.717, 1.165) is 11.6 Å². The molecule has 2 aromatic rings. The average molecular weight is 381 g/mol. The van der Waals surface area contributed by atoms with Gasteiger partial charge in [0.15, 0.2) is 0 Å². The first-order valence-corrected chi connectivity index (χ1v) is 8.77. The van der Waals surface area contributed by atoms with Gasteiger partial charge in [0.2, 0.25) is 0 Å². The van der Waals surface area contributed by atoms with Gasteiger partial charge < -0.3 is 4.74 Å². The minimum absolute atomic E-state index is 0.454. The van der Waals surface area contributed by atoms with E-state index in [0.29, 0.717) is 12.2 Å². The maximum atomic E-state index is 13.0. The van der Waals surface area contributed by atoms with Crippen LogP contribution in [0.4, 0.5) is 13.2 Å². The largest absolute Gasteiger partial charge is 0.486 e. The van der Waals surface area contributed by atoms with Crippen molar-refractivity contribution >= 4 is 11.6 Å². The van der Waals surface area contributed by atoms with Gasteiger partial charge >= 0.3 is 6.18 Å². The summed E-state index contributed by atoms with van der Waals surface area (Å²) in [4.78, 5) is 0. The van der Waals surface area contributed by atoms with E-state index in [2.05, 4.69) is 0 Å². The zero-order valence-electron chi connectivity index (χ0n) is 14.6. The van der Waals surface area contributed by atoms with Crippen molar-refractivity contribution in [3.63, 3.8) is 0 Å². The van der Waals surface area contributed by atoms with Crippen LogP contribution < -0.4 is 4.74 Å². The lowest BCUT2D eigenvalue weighted by Gasteiger charge is -2.23. The van der Waals surface area contributed by atoms with Crippen molar-refractivity contribution in [3.05, 3.63) is 77.3 Å². The Bertz CT molecular complexity index is 740. The molecule has 2 aromatic carbocycles. The van der Waals surface area contributed by atoms with Crippen LogP contribution in [0.15, 0.2) is 71.8 Å². The molecule has 0 aliphatic heterocycles. The van der Waals surface area contributed by atoms with Gasteiger partial charge in [0.25, 0.3) is 0 Å². The molecular formula is C21H20ClF3O. The van der Waals surface area contributed by atoms with E-state index < -0.39 is 28.1 Å². The molecule has 0 heterocycles. The highest BCUT2D eigenvalue weighted by Gasteiger charge is 2.72. The first-order valence-electron chi connectivity index (χ1n) is 8.39. The van der Waals surface area contributed by atoms with Gasteiger partial charge in [0, 0.05) is 17.8 Å². The van der Waals surface area contributed by atoms with Crippen LogP contribution in [-0.4, -0.2) is 11.8 Å². The first kappa shape index (κ1) is 18.8. The Hall–Kier alpha value is -1.94. The standard InChI is InChI=1S/C21H20ClF3O/c1-19(2)17(13-18(22)21(23,24)25)20(19,14-15-9-5-3-6-10-15)26-16-11-7-4-8-12-16/h3-13,17H,14H2,1-2H3/b18-13-/t17-,20-/m1/s1. The third-order valence-electron chi connectivity index (χ3n) is 5.22. The maximum absolute atomic E-state index is 13.0. The summed E-state index contributed by atoms with van der Waals surface area (Å²) >= 11 is 5.53. The number of hydrogen-bond acceptors (Lipinski definition) is 1. The van der Waals surface area contributed by atoms with Crippen LogP contribution in [0.5, 0.6) is 5.75 Å². The molecule has 1 aliphatic carbocycles. The lowest BCUT2D eigenvalue weighted by molar-refractivity contribution is -0.0849. The highest BCUT2D eigenvalue weighted by Crippen LogP contribution is 2.66. The van der Waals surface area contributed by atoms with Crippen molar-refractivity contribution in [1.82, 2.24) is 0 Å². The second-order valence-electron chi connectivity index (χ2n) is 7.18. The predicted octanol–water partition coefficient (Wildman–Crippen LogP) is 6.39. The maximum Gasteiger partial charge on any atom is 0.426 e. The van der Waals surface area contributed by atoms with Gasteiger partial charge in [-0.1, -0.05) is 80.1 Å². The summed E-state index contributed by atoms with van der Waals surface area (Å²) in [5.41, 5.74) is -0.277. The Balaban J connectivity index is 1.98. The fourth-order valence-electron chi connectivity index (χ4n) is 3.61. The summed E-state index contributed by atoms with van der Waals surface area (Å²) in [7, 11) is 0. The summed E-state index contributed by atoms with van der Waals surface area (Å²) in [6.07, 6.45) is -2.95. The van der Waals surface area contributed by atoms with Crippen LogP contribution in [0.25, 0.3) is 0 Å². The molecule has 5 heteroatoms. The average Bonchev–Trinajstić information content (AvgIpc) is 3.02. The topological polar surface area (TPSA) is 9.23 Å². The number of hydrogen-bond donors (Lipinski definition) is 0. The van der Waals surface area contributed by atoms with E-state index in [-0.39, 0.29) is 0 Å². The monoisotopic (exact) mass is 380 g/mol. The molecule has 0 aromatic heterocycles. The van der Waals surface area contributed by atoms with E-state index in [1.54, 1.807) is 0 Å². The van der Waals surface area contributed by atoms with Crippen molar-refractivity contribution in [2.24, 2.45) is 11.3 Å². The van der Waals surface area contributed by atoms with Crippen LogP contribution in [-0.2, 0) is 6.42 Å². The normalized spacial score (nSPS) is 25.0. The lowest BCUT2D eigenvalue weighted by Crippen LogP contribution is -2.28. The van der Waals surface area contributed by atoms with E-state index in [4.69, 9.17) is 16.3 Å². The Kier molecular flexibility index (Phi) is 4.82. The van der Waals surface area contributed by atoms with Crippen molar-refractivity contribution < 1.29 is 17.9 Å². The van der Waals surface area contributed by atoms with Gasteiger partial charge in [-0.3, -0.25) is 0 Å². The second-order valence-corrected chi connectivity index (χ2v) is 7.59. The van der Waals surface area contributed by atoms with Gasteiger partial charge in [-0.15, -0.1) is 0 Å². The zero-order chi connectivity index (χ0) is 19.0. The molecule has 1 aliphatic rings. The van der Waals surface area contributed by atoms with Gasteiger partial charge in [0.05, 0.1) is 0 Å². The number of benzene rings is 2. The molecule has 0 spiro atoms. The Morgan fingerprint density at radius 1 is 1.04 bits per heavy atom. The van der Waals surface area contributed by atoms with E-state index in [1.165, 1.54) is 0 Å². The van der Waals surface area contributed by atoms with Crippen molar-refractivity contribution in [2.45, 2.75) is 32.0 Å². The molecule has 0 bridgehead atoms. The van der Waals surface area contributed by atoms with Gasteiger partial charge in [-0.05, 0) is 17.7 Å². The quantitative estimate of drug-likeness (QED) is 0.584. The molecular weight excluding hydrogens is 361 g/mol. The molecule has 3 rings (SSSR count). The van der Waals surface area contributed by atoms with Gasteiger partial charge in [-0.25, -0.2) is 0 Å². The number of rotatable bonds is 5. The lowest BCUT2D eigenvalue weighted by atomic mass is 9.99.